The second-order valence-corrected chi connectivity index (χ2v) is 2.23. The molecule has 0 aliphatic carbocycles. The number of hydrogen-bond donors (Lipinski definition) is 4. The minimum atomic E-state index is -4.69. The summed E-state index contributed by atoms with van der Waals surface area (Å²) in [5.41, 5.74) is 0. The van der Waals surface area contributed by atoms with E-state index in [0.717, 1.165) is 0 Å². The first-order valence-electron chi connectivity index (χ1n) is 1.11. The van der Waals surface area contributed by atoms with Gasteiger partial charge in [-0.15, -0.1) is 0 Å². The van der Waals surface area contributed by atoms with Crippen LogP contribution >= 0.6 is 0 Å². The van der Waals surface area contributed by atoms with Gasteiger partial charge < -0.3 is 20.7 Å². The van der Waals surface area contributed by atoms with E-state index in [9.17, 15) is 0 Å². The maximum absolute atomic E-state index is 8.63. The van der Waals surface area contributed by atoms with Gasteiger partial charge in [-0.05, 0) is 4.20 Å². The van der Waals surface area contributed by atoms with E-state index >= 15 is 0 Å². The van der Waals surface area contributed by atoms with Gasteiger partial charge in [0.15, 0.2) is 0 Å². The van der Waals surface area contributed by atoms with Gasteiger partial charge in [0, 0.05) is 0 Å². The Balaban J connectivity index is -0.0000000383. The molecule has 74 valence electrons. The smallest absolute Gasteiger partial charge is 0.372 e. The molecule has 0 rings (SSSR count). The van der Waals surface area contributed by atoms with Crippen LogP contribution in [-0.2, 0) is 0 Å². The molecular formula is H8BrClN2O7. The maximum Gasteiger partial charge on any atom is 0.433 e. The summed E-state index contributed by atoms with van der Waals surface area (Å²) >= 11 is -3.40. The van der Waals surface area contributed by atoms with Gasteiger partial charge in [0.1, 0.15) is 0 Å². The first-order chi connectivity index (χ1) is 3.73. The van der Waals surface area contributed by atoms with Gasteiger partial charge in [-0.25, -0.2) is 0 Å². The lowest BCUT2D eigenvalue weighted by Crippen LogP contribution is -2.58. The fraction of sp³-hybridized carbons (Fsp3) is 0. The Labute approximate surface area is 69.2 Å². The van der Waals surface area contributed by atoms with Crippen LogP contribution < -0.4 is 34.7 Å². The number of halogens is 2. The molecule has 0 bridgehead atoms. The Morgan fingerprint density at radius 2 is 1.00 bits per heavy atom. The van der Waals surface area contributed by atoms with E-state index < -0.39 is 25.1 Å². The van der Waals surface area contributed by atoms with Crippen LogP contribution in [0, 0.1) is 25.1 Å². The van der Waals surface area contributed by atoms with Gasteiger partial charge in [-0.2, -0.15) is 14.0 Å². The molecule has 0 radical (unpaired) electrons. The van der Waals surface area contributed by atoms with Gasteiger partial charge in [-0.1, -0.05) is 0 Å². The van der Waals surface area contributed by atoms with Crippen LogP contribution in [0.1, 0.15) is 0 Å². The highest BCUT2D eigenvalue weighted by Crippen LogP contribution is 1.60. The summed E-state index contributed by atoms with van der Waals surface area (Å²) in [6.07, 6.45) is 0. The van der Waals surface area contributed by atoms with Gasteiger partial charge in [-0.3, -0.25) is 0 Å². The van der Waals surface area contributed by atoms with Crippen molar-refractivity contribution in [2.75, 3.05) is 0 Å². The lowest BCUT2D eigenvalue weighted by Gasteiger charge is -2.03. The Bertz CT molecular complexity index is 53.2. The van der Waals surface area contributed by atoms with E-state index in [1.807, 2.05) is 0 Å². The van der Waals surface area contributed by atoms with Gasteiger partial charge in [0.25, 0.3) is 0 Å². The van der Waals surface area contributed by atoms with E-state index in [0.29, 0.717) is 0 Å². The third-order valence-electron chi connectivity index (χ3n) is 0. The molecule has 9 nitrogen and oxygen atoms in total. The molecule has 11 heavy (non-hydrogen) atoms. The molecule has 0 aromatic carbocycles. The molecule has 0 spiro atoms. The first kappa shape index (κ1) is 22.5. The summed E-state index contributed by atoms with van der Waals surface area (Å²) in [5, 5.41) is 0. The second-order valence-electron chi connectivity index (χ2n) is 0.597. The fourth-order valence-electron chi connectivity index (χ4n) is 0. The highest BCUT2D eigenvalue weighted by molar-refractivity contribution is 2.15. The summed E-state index contributed by atoms with van der Waals surface area (Å²) in [5.74, 6) is 0. The second kappa shape index (κ2) is 10.4. The zero-order chi connectivity index (χ0) is 8.08. The van der Waals surface area contributed by atoms with Crippen LogP contribution in [0.2, 0.25) is 0 Å². The van der Waals surface area contributed by atoms with Crippen molar-refractivity contribution in [3.05, 3.63) is 0 Å². The fourth-order valence-corrected chi connectivity index (χ4v) is 0. The normalized spacial score (nSPS) is 8.73. The summed E-state index contributed by atoms with van der Waals surface area (Å²) in [6, 6.07) is 0. The molecule has 11 heteroatoms. The van der Waals surface area contributed by atoms with Crippen molar-refractivity contribution in [1.29, 1.82) is 0 Å². The van der Waals surface area contributed by atoms with Crippen molar-refractivity contribution in [2.45, 2.75) is 0 Å². The highest BCUT2D eigenvalue weighted by Gasteiger charge is 1.98. The summed E-state index contributed by atoms with van der Waals surface area (Å²) < 4.78 is 57.0. The third kappa shape index (κ3) is 4380. The van der Waals surface area contributed by atoms with Gasteiger partial charge >= 0.3 is 14.8 Å². The molecule has 0 aliphatic heterocycles. The molecule has 0 heterocycles. The van der Waals surface area contributed by atoms with E-state index in [1.165, 1.54) is 0 Å². The average molecular weight is 263 g/mol. The molecule has 0 atom stereocenters. The standard InChI is InChI=1S/BrHO3.ClHO4.2H3N/c2-1(3)4;2-1(3,4)5;;/h2H;(H,2,3,4,5);2*1H3. The van der Waals surface area contributed by atoms with Crippen LogP contribution in [0.25, 0.3) is 0 Å². The van der Waals surface area contributed by atoms with Crippen LogP contribution in [0.15, 0.2) is 0 Å². The Morgan fingerprint density at radius 1 is 1.00 bits per heavy atom. The first-order valence-corrected chi connectivity index (χ1v) is 4.38. The lowest BCUT2D eigenvalue weighted by atomic mass is 14.0. The molecule has 0 saturated carbocycles. The van der Waals surface area contributed by atoms with Crippen LogP contribution in [0.5, 0.6) is 0 Å². The molecule has 0 fully saturated rings. The maximum atomic E-state index is 8.63. The molecule has 0 aromatic heterocycles. The Hall–Kier alpha value is 0.410. The monoisotopic (exact) mass is 262 g/mol. The Morgan fingerprint density at radius 3 is 1.00 bits per heavy atom. The largest absolute Gasteiger partial charge is 0.433 e. The van der Waals surface area contributed by atoms with Crippen molar-refractivity contribution in [2.24, 2.45) is 0 Å². The van der Waals surface area contributed by atoms with E-state index in [-0.39, 0.29) is 12.3 Å². The zero-order valence-electron chi connectivity index (χ0n) is 5.11. The van der Waals surface area contributed by atoms with Crippen molar-refractivity contribution < 1.29 is 56.3 Å². The van der Waals surface area contributed by atoms with E-state index in [1.54, 1.807) is 0 Å². The molecule has 0 amide bonds. The predicted molar refractivity (Wildman–Crippen MR) is 14.5 cm³/mol. The van der Waals surface area contributed by atoms with Gasteiger partial charge in [0.05, 0.1) is 14.9 Å². The van der Waals surface area contributed by atoms with Crippen molar-refractivity contribution >= 4 is 0 Å². The number of rotatable bonds is 0. The number of hydrogen-bond acceptors (Lipinski definition) is 9. The van der Waals surface area contributed by atoms with Crippen LogP contribution in [0.4, 0.5) is 0 Å². The SMILES string of the molecule is N.N.[O-][Br+2]([O-])O.[O-][Cl+3]([O-])([O-])O. The highest BCUT2D eigenvalue weighted by atomic mass is 80.0. The zero-order valence-corrected chi connectivity index (χ0v) is 7.45. The molecule has 0 unspecified atom stereocenters. The minimum absolute atomic E-state index is 0. The van der Waals surface area contributed by atoms with Crippen molar-refractivity contribution in [3.63, 3.8) is 0 Å². The van der Waals surface area contributed by atoms with Crippen LogP contribution in [-0.4, -0.2) is 8.86 Å². The molecule has 0 aromatic rings. The molecule has 0 saturated heterocycles. The van der Waals surface area contributed by atoms with Crippen LogP contribution in [0.3, 0.4) is 0 Å². The van der Waals surface area contributed by atoms with Crippen molar-refractivity contribution in [1.82, 2.24) is 12.3 Å². The lowest BCUT2D eigenvalue weighted by molar-refractivity contribution is -1.92. The molecular weight excluding hydrogens is 255 g/mol. The predicted octanol–water partition coefficient (Wildman–Crippen LogP) is -6.73. The van der Waals surface area contributed by atoms with E-state index in [2.05, 4.69) is 0 Å². The van der Waals surface area contributed by atoms with Gasteiger partial charge in [0.2, 0.25) is 0 Å². The average Bonchev–Trinajstić information content (AvgIpc) is 1.19. The Kier molecular flexibility index (Phi) is 21.3. The minimum Gasteiger partial charge on any atom is -0.372 e. The topological polar surface area (TPSA) is 226 Å². The molecule has 0 aliphatic rings. The quantitative estimate of drug-likeness (QED) is 0.325. The summed E-state index contributed by atoms with van der Waals surface area (Å²) in [6.45, 7) is 0. The molecule has 8 N–H and O–H groups in total. The van der Waals surface area contributed by atoms with Crippen molar-refractivity contribution in [3.8, 4) is 0 Å². The summed E-state index contributed by atoms with van der Waals surface area (Å²) in [4.78, 5) is 0. The third-order valence-corrected chi connectivity index (χ3v) is 0. The summed E-state index contributed by atoms with van der Waals surface area (Å²) in [7, 11) is -4.69. The van der Waals surface area contributed by atoms with E-state index in [4.69, 9.17) is 31.2 Å².